The summed E-state index contributed by atoms with van der Waals surface area (Å²) >= 11 is 0. The van der Waals surface area contributed by atoms with Gasteiger partial charge >= 0.3 is 7.12 Å². The molecule has 0 aromatic rings. The molecule has 2 N–H and O–H groups in total. The number of amides is 1. The van der Waals surface area contributed by atoms with Crippen LogP contribution in [0, 0.1) is 11.8 Å². The summed E-state index contributed by atoms with van der Waals surface area (Å²) < 4.78 is 10.8. The predicted molar refractivity (Wildman–Crippen MR) is 74.7 cm³/mol. The molecule has 2 fully saturated rings. The zero-order valence-corrected chi connectivity index (χ0v) is 12.2. The maximum absolute atomic E-state index is 12.2. The van der Waals surface area contributed by atoms with E-state index in [1.807, 2.05) is 6.92 Å². The highest BCUT2D eigenvalue weighted by molar-refractivity contribution is 6.46. The topological polar surface area (TPSA) is 81.9 Å². The van der Waals surface area contributed by atoms with Crippen molar-refractivity contribution in [3.8, 4) is 0 Å². The van der Waals surface area contributed by atoms with Gasteiger partial charge in [0, 0.05) is 19.7 Å². The normalized spacial score (nSPS) is 28.4. The zero-order chi connectivity index (χ0) is 14.7. The standard InChI is InChI=1S/C13H23BN2O4/c1-3-19-14-6-4-5-10-7-16(12(17)9(2)15)8-11(10)13(18)20-14/h9-11H,3-8,15H2,1-2H3/t9-,10?,11?/m0/s1. The van der Waals surface area contributed by atoms with Gasteiger partial charge in [-0.1, -0.05) is 6.42 Å². The molecule has 2 saturated heterocycles. The number of carbonyl (C=O) groups is 2. The molecule has 0 saturated carbocycles. The van der Waals surface area contributed by atoms with E-state index in [9.17, 15) is 9.59 Å². The van der Waals surface area contributed by atoms with E-state index in [4.69, 9.17) is 15.0 Å². The monoisotopic (exact) mass is 282 g/mol. The Morgan fingerprint density at radius 3 is 3.00 bits per heavy atom. The van der Waals surface area contributed by atoms with Crippen LogP contribution in [0.3, 0.4) is 0 Å². The largest absolute Gasteiger partial charge is 0.527 e. The van der Waals surface area contributed by atoms with E-state index in [0.717, 1.165) is 19.2 Å². The second kappa shape index (κ2) is 6.58. The van der Waals surface area contributed by atoms with Crippen LogP contribution in [0.5, 0.6) is 0 Å². The molecular formula is C13H23BN2O4. The number of nitrogens with zero attached hydrogens (tertiary/aromatic N) is 1. The van der Waals surface area contributed by atoms with Crippen molar-refractivity contribution in [3.05, 3.63) is 0 Å². The number of carbonyl (C=O) groups excluding carboxylic acids is 2. The molecule has 0 aliphatic carbocycles. The van der Waals surface area contributed by atoms with Crippen LogP contribution in [0.25, 0.3) is 0 Å². The first kappa shape index (κ1) is 15.3. The second-order valence-electron chi connectivity index (χ2n) is 5.65. The molecule has 1 amide bonds. The lowest BCUT2D eigenvalue weighted by molar-refractivity contribution is -0.142. The summed E-state index contributed by atoms with van der Waals surface area (Å²) in [4.78, 5) is 25.9. The zero-order valence-electron chi connectivity index (χ0n) is 12.2. The van der Waals surface area contributed by atoms with Crippen molar-refractivity contribution in [3.63, 3.8) is 0 Å². The Hall–Kier alpha value is -1.08. The van der Waals surface area contributed by atoms with Gasteiger partial charge in [0.05, 0.1) is 12.0 Å². The highest BCUT2D eigenvalue weighted by atomic mass is 16.6. The molecule has 0 radical (unpaired) electrons. The van der Waals surface area contributed by atoms with Gasteiger partial charge in [-0.3, -0.25) is 9.59 Å². The Bertz CT molecular complexity index is 377. The van der Waals surface area contributed by atoms with Crippen LogP contribution >= 0.6 is 0 Å². The molecule has 20 heavy (non-hydrogen) atoms. The van der Waals surface area contributed by atoms with Gasteiger partial charge in [-0.05, 0) is 32.5 Å². The van der Waals surface area contributed by atoms with Crippen LogP contribution in [0.15, 0.2) is 0 Å². The summed E-state index contributed by atoms with van der Waals surface area (Å²) in [7, 11) is -0.438. The van der Waals surface area contributed by atoms with Gasteiger partial charge in [-0.15, -0.1) is 0 Å². The van der Waals surface area contributed by atoms with Crippen molar-refractivity contribution in [2.24, 2.45) is 17.6 Å². The molecule has 2 rings (SSSR count). The van der Waals surface area contributed by atoms with Gasteiger partial charge in [0.15, 0.2) is 0 Å². The molecule has 7 heteroatoms. The average molecular weight is 282 g/mol. The van der Waals surface area contributed by atoms with Crippen LogP contribution in [-0.4, -0.2) is 49.6 Å². The number of nitrogens with two attached hydrogens (primary N) is 1. The number of hydrogen-bond donors (Lipinski definition) is 1. The van der Waals surface area contributed by atoms with E-state index in [1.165, 1.54) is 0 Å². The van der Waals surface area contributed by atoms with E-state index in [2.05, 4.69) is 0 Å². The summed E-state index contributed by atoms with van der Waals surface area (Å²) in [5.41, 5.74) is 5.64. The first-order chi connectivity index (χ1) is 9.52. The third-order valence-corrected chi connectivity index (χ3v) is 4.06. The quantitative estimate of drug-likeness (QED) is 0.751. The Labute approximate surface area is 120 Å². The Morgan fingerprint density at radius 1 is 1.60 bits per heavy atom. The van der Waals surface area contributed by atoms with E-state index in [0.29, 0.717) is 19.7 Å². The number of rotatable bonds is 3. The lowest BCUT2D eigenvalue weighted by Gasteiger charge is -2.23. The highest BCUT2D eigenvalue weighted by Crippen LogP contribution is 2.32. The molecule has 112 valence electrons. The molecule has 0 aromatic heterocycles. The molecular weight excluding hydrogens is 259 g/mol. The molecule has 2 heterocycles. The SMILES string of the molecule is CCOB1CCCC2CN(C(=O)[C@H](C)N)CC2C(=O)O1. The fourth-order valence-corrected chi connectivity index (χ4v) is 3.02. The number of likely N-dealkylation sites (tertiary alicyclic amines) is 1. The van der Waals surface area contributed by atoms with E-state index in [1.54, 1.807) is 11.8 Å². The fourth-order valence-electron chi connectivity index (χ4n) is 3.02. The molecule has 2 aliphatic heterocycles. The summed E-state index contributed by atoms with van der Waals surface area (Å²) in [6, 6.07) is -0.522. The maximum atomic E-state index is 12.2. The summed E-state index contributed by atoms with van der Waals surface area (Å²) in [6.45, 7) is 5.11. The van der Waals surface area contributed by atoms with Crippen molar-refractivity contribution in [2.45, 2.75) is 39.1 Å². The van der Waals surface area contributed by atoms with Crippen LogP contribution in [0.1, 0.15) is 26.7 Å². The minimum atomic E-state index is -0.522. The third kappa shape index (κ3) is 3.33. The smallest absolute Gasteiger partial charge is 0.509 e. The molecule has 0 aromatic carbocycles. The molecule has 2 aliphatic rings. The summed E-state index contributed by atoms with van der Waals surface area (Å²) in [5.74, 6) is -0.382. The minimum absolute atomic E-state index is 0.0918. The summed E-state index contributed by atoms with van der Waals surface area (Å²) in [5, 5.41) is 0. The first-order valence-corrected chi connectivity index (χ1v) is 7.39. The van der Waals surface area contributed by atoms with Gasteiger partial charge < -0.3 is 19.9 Å². The molecule has 0 spiro atoms. The Kier molecular flexibility index (Phi) is 5.04. The molecule has 6 nitrogen and oxygen atoms in total. The van der Waals surface area contributed by atoms with E-state index in [-0.39, 0.29) is 23.7 Å². The second-order valence-corrected chi connectivity index (χ2v) is 5.65. The van der Waals surface area contributed by atoms with Crippen molar-refractivity contribution in [1.29, 1.82) is 0 Å². The van der Waals surface area contributed by atoms with Gasteiger partial charge in [0.25, 0.3) is 5.97 Å². The minimum Gasteiger partial charge on any atom is -0.509 e. The number of fused-ring (bicyclic) bond motifs is 1. The lowest BCUT2D eigenvalue weighted by atomic mass is 9.77. The molecule has 0 bridgehead atoms. The lowest BCUT2D eigenvalue weighted by Crippen LogP contribution is -2.41. The van der Waals surface area contributed by atoms with Gasteiger partial charge in [-0.25, -0.2) is 0 Å². The first-order valence-electron chi connectivity index (χ1n) is 7.39. The van der Waals surface area contributed by atoms with E-state index < -0.39 is 13.2 Å². The maximum Gasteiger partial charge on any atom is 0.527 e. The van der Waals surface area contributed by atoms with Gasteiger partial charge in [0.2, 0.25) is 5.91 Å². The predicted octanol–water partition coefficient (Wildman–Crippen LogP) is 0.270. The summed E-state index contributed by atoms with van der Waals surface area (Å²) in [6.07, 6.45) is 2.59. The Balaban J connectivity index is 2.02. The van der Waals surface area contributed by atoms with Crippen LogP contribution in [-0.2, 0) is 18.9 Å². The van der Waals surface area contributed by atoms with Gasteiger partial charge in [-0.2, -0.15) is 0 Å². The van der Waals surface area contributed by atoms with Crippen molar-refractivity contribution >= 4 is 19.0 Å². The van der Waals surface area contributed by atoms with Crippen molar-refractivity contribution < 1.29 is 18.9 Å². The van der Waals surface area contributed by atoms with Crippen LogP contribution in [0.2, 0.25) is 6.32 Å². The average Bonchev–Trinajstić information content (AvgIpc) is 2.80. The molecule has 3 atom stereocenters. The Morgan fingerprint density at radius 2 is 2.35 bits per heavy atom. The van der Waals surface area contributed by atoms with Gasteiger partial charge in [0.1, 0.15) is 0 Å². The third-order valence-electron chi connectivity index (χ3n) is 4.06. The fraction of sp³-hybridized carbons (Fsp3) is 0.846. The van der Waals surface area contributed by atoms with Crippen LogP contribution < -0.4 is 5.73 Å². The van der Waals surface area contributed by atoms with E-state index >= 15 is 0 Å². The van der Waals surface area contributed by atoms with Crippen molar-refractivity contribution in [1.82, 2.24) is 4.90 Å². The highest BCUT2D eigenvalue weighted by Gasteiger charge is 2.43. The number of hydrogen-bond acceptors (Lipinski definition) is 5. The molecule has 2 unspecified atom stereocenters. The van der Waals surface area contributed by atoms with Crippen LogP contribution in [0.4, 0.5) is 0 Å². The van der Waals surface area contributed by atoms with Crippen molar-refractivity contribution in [2.75, 3.05) is 19.7 Å².